The summed E-state index contributed by atoms with van der Waals surface area (Å²) in [7, 11) is 1.76. The van der Waals surface area contributed by atoms with Crippen molar-refractivity contribution in [3.05, 3.63) is 24.0 Å². The number of fused-ring (bicyclic) bond motifs is 1. The monoisotopic (exact) mass is 200 g/mol. The highest BCUT2D eigenvalue weighted by Gasteiger charge is 2.09. The normalized spacial score (nSPS) is 10.1. The highest BCUT2D eigenvalue weighted by molar-refractivity contribution is 5.97. The Morgan fingerprint density at radius 1 is 1.60 bits per heavy atom. The first-order valence-electron chi connectivity index (χ1n) is 4.41. The number of aromatic nitrogens is 3. The van der Waals surface area contributed by atoms with Gasteiger partial charge in [0.15, 0.2) is 11.4 Å². The highest BCUT2D eigenvalue weighted by Crippen LogP contribution is 2.11. The van der Waals surface area contributed by atoms with Crippen LogP contribution in [0.2, 0.25) is 0 Å². The molecule has 0 amide bonds. The summed E-state index contributed by atoms with van der Waals surface area (Å²) in [5.74, 6) is -0.263. The van der Waals surface area contributed by atoms with E-state index in [1.54, 1.807) is 30.1 Å². The van der Waals surface area contributed by atoms with Crippen LogP contribution >= 0.6 is 0 Å². The number of Topliss-reactive ketones (excluding diaryl/α,β-unsaturated/α-hetero) is 1. The van der Waals surface area contributed by atoms with E-state index in [2.05, 4.69) is 10.1 Å². The zero-order chi connectivity index (χ0) is 10.8. The van der Waals surface area contributed by atoms with Crippen molar-refractivity contribution in [2.75, 3.05) is 0 Å². The van der Waals surface area contributed by atoms with Crippen molar-refractivity contribution < 1.29 is 4.79 Å². The molecule has 0 fully saturated rings. The maximum atomic E-state index is 11.4. The fourth-order valence-electron chi connectivity index (χ4n) is 1.34. The maximum absolute atomic E-state index is 11.4. The molecule has 0 radical (unpaired) electrons. The third-order valence-electron chi connectivity index (χ3n) is 2.11. The van der Waals surface area contributed by atoms with E-state index in [4.69, 9.17) is 5.26 Å². The third-order valence-corrected chi connectivity index (χ3v) is 2.11. The van der Waals surface area contributed by atoms with E-state index in [0.29, 0.717) is 11.3 Å². The number of carbonyl (C=O) groups is 1. The molecule has 5 heteroatoms. The number of hydrogen-bond acceptors (Lipinski definition) is 4. The molecule has 0 saturated heterocycles. The van der Waals surface area contributed by atoms with Gasteiger partial charge in [-0.25, -0.2) is 4.98 Å². The average molecular weight is 200 g/mol. The number of nitriles is 1. The third kappa shape index (κ3) is 1.57. The summed E-state index contributed by atoms with van der Waals surface area (Å²) in [6.45, 7) is 0. The molecule has 0 aliphatic carbocycles. The molecule has 2 heterocycles. The Kier molecular flexibility index (Phi) is 2.18. The molecular weight excluding hydrogens is 192 g/mol. The smallest absolute Gasteiger partial charge is 0.195 e. The lowest BCUT2D eigenvalue weighted by Crippen LogP contribution is -2.02. The number of hydrogen-bond donors (Lipinski definition) is 0. The van der Waals surface area contributed by atoms with E-state index in [-0.39, 0.29) is 12.2 Å². The molecule has 5 nitrogen and oxygen atoms in total. The summed E-state index contributed by atoms with van der Waals surface area (Å²) >= 11 is 0. The van der Waals surface area contributed by atoms with Gasteiger partial charge in [0.1, 0.15) is 12.1 Å². The van der Waals surface area contributed by atoms with Gasteiger partial charge in [-0.3, -0.25) is 9.48 Å². The Balaban J connectivity index is 2.51. The van der Waals surface area contributed by atoms with Crippen LogP contribution in [-0.4, -0.2) is 20.5 Å². The second-order valence-electron chi connectivity index (χ2n) is 3.14. The van der Waals surface area contributed by atoms with Crippen molar-refractivity contribution in [2.24, 2.45) is 7.05 Å². The zero-order valence-electron chi connectivity index (χ0n) is 8.14. The van der Waals surface area contributed by atoms with Crippen molar-refractivity contribution in [3.8, 4) is 6.07 Å². The molecule has 2 aromatic rings. The van der Waals surface area contributed by atoms with Crippen molar-refractivity contribution in [1.29, 1.82) is 5.26 Å². The molecule has 0 aromatic carbocycles. The predicted octanol–water partition coefficient (Wildman–Crippen LogP) is 1.06. The molecule has 0 N–H and O–H groups in total. The van der Waals surface area contributed by atoms with E-state index >= 15 is 0 Å². The standard InChI is InChI=1S/C10H8N4O/c1-14-10-7(6-12-14)2-3-8(13-10)9(15)4-5-11/h2-3,6H,4H2,1H3. The summed E-state index contributed by atoms with van der Waals surface area (Å²) in [6.07, 6.45) is 1.54. The lowest BCUT2D eigenvalue weighted by molar-refractivity contribution is 0.0993. The minimum atomic E-state index is -0.263. The molecule has 2 aromatic heterocycles. The zero-order valence-corrected chi connectivity index (χ0v) is 8.14. The molecule has 2 rings (SSSR count). The van der Waals surface area contributed by atoms with Gasteiger partial charge in [-0.2, -0.15) is 10.4 Å². The Hall–Kier alpha value is -2.22. The van der Waals surface area contributed by atoms with Crippen LogP contribution < -0.4 is 0 Å². The Morgan fingerprint density at radius 2 is 2.40 bits per heavy atom. The second-order valence-corrected chi connectivity index (χ2v) is 3.14. The molecule has 0 spiro atoms. The summed E-state index contributed by atoms with van der Waals surface area (Å²) in [4.78, 5) is 15.6. The molecular formula is C10H8N4O. The number of nitrogens with zero attached hydrogens (tertiary/aromatic N) is 4. The molecule has 0 saturated carbocycles. The quantitative estimate of drug-likeness (QED) is 0.679. The van der Waals surface area contributed by atoms with Crippen LogP contribution in [0.15, 0.2) is 18.3 Å². The van der Waals surface area contributed by atoms with Gasteiger partial charge in [0, 0.05) is 12.4 Å². The van der Waals surface area contributed by atoms with Gasteiger partial charge in [0.2, 0.25) is 0 Å². The van der Waals surface area contributed by atoms with E-state index in [1.807, 2.05) is 6.07 Å². The predicted molar refractivity (Wildman–Crippen MR) is 53.1 cm³/mol. The van der Waals surface area contributed by atoms with Crippen LogP contribution in [0.5, 0.6) is 0 Å². The van der Waals surface area contributed by atoms with Gasteiger partial charge >= 0.3 is 0 Å². The molecule has 0 aliphatic rings. The van der Waals surface area contributed by atoms with Crippen LogP contribution in [0.25, 0.3) is 11.0 Å². The lowest BCUT2D eigenvalue weighted by Gasteiger charge is -1.97. The first-order valence-corrected chi connectivity index (χ1v) is 4.41. The lowest BCUT2D eigenvalue weighted by atomic mass is 10.2. The van der Waals surface area contributed by atoms with Crippen LogP contribution in [0.4, 0.5) is 0 Å². The van der Waals surface area contributed by atoms with Gasteiger partial charge in [-0.1, -0.05) is 0 Å². The molecule has 0 atom stereocenters. The van der Waals surface area contributed by atoms with E-state index < -0.39 is 0 Å². The van der Waals surface area contributed by atoms with Gasteiger partial charge in [-0.05, 0) is 12.1 Å². The number of carbonyl (C=O) groups excluding carboxylic acids is 1. The van der Waals surface area contributed by atoms with Crippen molar-refractivity contribution in [2.45, 2.75) is 6.42 Å². The SMILES string of the molecule is Cn1ncc2ccc(C(=O)CC#N)nc21. The topological polar surface area (TPSA) is 71.6 Å². The minimum Gasteiger partial charge on any atom is -0.291 e. The van der Waals surface area contributed by atoms with Crippen LogP contribution in [0, 0.1) is 11.3 Å². The molecule has 0 unspecified atom stereocenters. The Bertz CT molecular complexity index is 564. The summed E-state index contributed by atoms with van der Waals surface area (Å²) in [5.41, 5.74) is 0.964. The maximum Gasteiger partial charge on any atom is 0.195 e. The number of pyridine rings is 1. The average Bonchev–Trinajstić information content (AvgIpc) is 2.60. The number of aryl methyl sites for hydroxylation is 1. The van der Waals surface area contributed by atoms with E-state index in [1.165, 1.54) is 0 Å². The Labute approximate surface area is 86.0 Å². The van der Waals surface area contributed by atoms with Crippen molar-refractivity contribution in [3.63, 3.8) is 0 Å². The van der Waals surface area contributed by atoms with Gasteiger partial charge in [0.25, 0.3) is 0 Å². The largest absolute Gasteiger partial charge is 0.291 e. The fourth-order valence-corrected chi connectivity index (χ4v) is 1.34. The van der Waals surface area contributed by atoms with E-state index in [9.17, 15) is 4.79 Å². The fraction of sp³-hybridized carbons (Fsp3) is 0.200. The number of ketones is 1. The van der Waals surface area contributed by atoms with Crippen LogP contribution in [0.1, 0.15) is 16.9 Å². The van der Waals surface area contributed by atoms with E-state index in [0.717, 1.165) is 5.39 Å². The van der Waals surface area contributed by atoms with Gasteiger partial charge in [0.05, 0.1) is 12.3 Å². The number of rotatable bonds is 2. The molecule has 0 bridgehead atoms. The summed E-state index contributed by atoms with van der Waals surface area (Å²) < 4.78 is 1.60. The molecule has 0 aliphatic heterocycles. The Morgan fingerprint density at radius 3 is 3.13 bits per heavy atom. The summed E-state index contributed by atoms with van der Waals surface area (Å²) in [6, 6.07) is 5.20. The van der Waals surface area contributed by atoms with Crippen LogP contribution in [-0.2, 0) is 7.05 Å². The van der Waals surface area contributed by atoms with Gasteiger partial charge < -0.3 is 0 Å². The highest BCUT2D eigenvalue weighted by atomic mass is 16.1. The van der Waals surface area contributed by atoms with Crippen molar-refractivity contribution >= 4 is 16.8 Å². The molecule has 74 valence electrons. The van der Waals surface area contributed by atoms with Crippen molar-refractivity contribution in [1.82, 2.24) is 14.8 Å². The second kappa shape index (κ2) is 3.50. The van der Waals surface area contributed by atoms with Gasteiger partial charge in [-0.15, -0.1) is 0 Å². The first kappa shape index (κ1) is 9.34. The minimum absolute atomic E-state index is 0.143. The first-order chi connectivity index (χ1) is 7.22. The van der Waals surface area contributed by atoms with Crippen LogP contribution in [0.3, 0.4) is 0 Å². The summed E-state index contributed by atoms with van der Waals surface area (Å²) in [5, 5.41) is 13.3. The molecule has 15 heavy (non-hydrogen) atoms.